The molecule has 1 saturated heterocycles. The molecule has 0 atom stereocenters. The molecule has 0 aromatic heterocycles. The van der Waals surface area contributed by atoms with E-state index in [1.807, 2.05) is 18.7 Å². The second kappa shape index (κ2) is 7.01. The van der Waals surface area contributed by atoms with E-state index >= 15 is 0 Å². The van der Waals surface area contributed by atoms with Crippen LogP contribution in [0.1, 0.15) is 43.5 Å². The van der Waals surface area contributed by atoms with Crippen LogP contribution < -0.4 is 0 Å². The number of morpholine rings is 1. The lowest BCUT2D eigenvalue weighted by Crippen LogP contribution is -2.55. The molecule has 1 aliphatic heterocycles. The van der Waals surface area contributed by atoms with E-state index in [-0.39, 0.29) is 23.0 Å². The van der Waals surface area contributed by atoms with Crippen molar-refractivity contribution in [2.45, 2.75) is 38.6 Å². The van der Waals surface area contributed by atoms with Gasteiger partial charge in [-0.25, -0.2) is 4.39 Å². The van der Waals surface area contributed by atoms with Crippen LogP contribution in [0.2, 0.25) is 0 Å². The Morgan fingerprint density at radius 3 is 2.55 bits per heavy atom. The number of ketones is 1. The van der Waals surface area contributed by atoms with Crippen molar-refractivity contribution < 1.29 is 18.7 Å². The number of hydrogen-bond donors (Lipinski definition) is 0. The molecule has 1 aliphatic rings. The van der Waals surface area contributed by atoms with E-state index in [4.69, 9.17) is 4.74 Å². The number of carbonyl (C=O) groups is 2. The maximum atomic E-state index is 12.8. The first-order chi connectivity index (χ1) is 10.4. The van der Waals surface area contributed by atoms with Crippen LogP contribution in [0, 0.1) is 5.82 Å². The average molecular weight is 307 g/mol. The van der Waals surface area contributed by atoms with Crippen LogP contribution in [-0.4, -0.2) is 41.9 Å². The molecule has 0 bridgehead atoms. The molecule has 5 heteroatoms. The van der Waals surface area contributed by atoms with Crippen molar-refractivity contribution in [3.05, 3.63) is 35.6 Å². The summed E-state index contributed by atoms with van der Waals surface area (Å²) in [4.78, 5) is 26.1. The Morgan fingerprint density at radius 2 is 1.91 bits per heavy atom. The summed E-state index contributed by atoms with van der Waals surface area (Å²) in [6, 6.07) is 5.50. The van der Waals surface area contributed by atoms with Gasteiger partial charge < -0.3 is 9.64 Å². The number of ether oxygens (including phenoxy) is 1. The Kier molecular flexibility index (Phi) is 5.29. The van der Waals surface area contributed by atoms with Crippen molar-refractivity contribution >= 4 is 11.7 Å². The predicted molar refractivity (Wildman–Crippen MR) is 81.2 cm³/mol. The number of halogens is 1. The zero-order valence-electron chi connectivity index (χ0n) is 13.1. The molecule has 1 fully saturated rings. The molecule has 0 unspecified atom stereocenters. The number of hydrogen-bond acceptors (Lipinski definition) is 3. The van der Waals surface area contributed by atoms with Crippen LogP contribution in [0.4, 0.5) is 4.39 Å². The third-order valence-electron chi connectivity index (χ3n) is 3.91. The van der Waals surface area contributed by atoms with Crippen LogP contribution in [0.15, 0.2) is 24.3 Å². The van der Waals surface area contributed by atoms with Gasteiger partial charge in [-0.1, -0.05) is 0 Å². The second-order valence-corrected chi connectivity index (χ2v) is 6.19. The topological polar surface area (TPSA) is 46.6 Å². The van der Waals surface area contributed by atoms with Gasteiger partial charge >= 0.3 is 0 Å². The highest BCUT2D eigenvalue weighted by Crippen LogP contribution is 2.20. The van der Waals surface area contributed by atoms with E-state index in [9.17, 15) is 14.0 Å². The highest BCUT2D eigenvalue weighted by Gasteiger charge is 2.33. The number of Topliss-reactive ketones (excluding diaryl/α,β-unsaturated/α-hetero) is 1. The van der Waals surface area contributed by atoms with Gasteiger partial charge in [0.05, 0.1) is 18.8 Å². The minimum Gasteiger partial charge on any atom is -0.377 e. The van der Waals surface area contributed by atoms with Gasteiger partial charge in [-0.15, -0.1) is 0 Å². The Balaban J connectivity index is 1.81. The molecule has 0 saturated carbocycles. The van der Waals surface area contributed by atoms with E-state index in [1.165, 1.54) is 24.3 Å². The van der Waals surface area contributed by atoms with E-state index in [0.717, 1.165) is 0 Å². The van der Waals surface area contributed by atoms with Gasteiger partial charge in [-0.3, -0.25) is 9.59 Å². The van der Waals surface area contributed by atoms with Gasteiger partial charge in [-0.05, 0) is 44.5 Å². The first-order valence-corrected chi connectivity index (χ1v) is 7.57. The van der Waals surface area contributed by atoms with Gasteiger partial charge in [0.15, 0.2) is 5.78 Å². The summed E-state index contributed by atoms with van der Waals surface area (Å²) in [5, 5.41) is 0. The Morgan fingerprint density at radius 1 is 1.23 bits per heavy atom. The van der Waals surface area contributed by atoms with Crippen molar-refractivity contribution in [3.63, 3.8) is 0 Å². The number of amides is 1. The number of carbonyl (C=O) groups excluding carboxylic acids is 2. The molecular formula is C17H22FNO3. The van der Waals surface area contributed by atoms with Gasteiger partial charge in [0.25, 0.3) is 0 Å². The summed E-state index contributed by atoms with van der Waals surface area (Å²) in [5.74, 6) is -0.365. The van der Waals surface area contributed by atoms with Gasteiger partial charge in [0.1, 0.15) is 5.82 Å². The molecule has 1 aromatic carbocycles. The monoisotopic (exact) mass is 307 g/mol. The normalized spacial score (nSPS) is 17.3. The fourth-order valence-electron chi connectivity index (χ4n) is 2.64. The van der Waals surface area contributed by atoms with Crippen LogP contribution in [0.5, 0.6) is 0 Å². The first kappa shape index (κ1) is 16.6. The molecule has 120 valence electrons. The van der Waals surface area contributed by atoms with Crippen molar-refractivity contribution in [1.82, 2.24) is 4.90 Å². The molecule has 1 aromatic rings. The maximum absolute atomic E-state index is 12.8. The Bertz CT molecular complexity index is 539. The Hall–Kier alpha value is -1.75. The number of benzene rings is 1. The lowest BCUT2D eigenvalue weighted by atomic mass is 10.0. The van der Waals surface area contributed by atoms with E-state index < -0.39 is 0 Å². The summed E-state index contributed by atoms with van der Waals surface area (Å²) in [6.45, 7) is 5.65. The third kappa shape index (κ3) is 4.13. The highest BCUT2D eigenvalue weighted by atomic mass is 19.1. The van der Waals surface area contributed by atoms with Crippen molar-refractivity contribution in [2.24, 2.45) is 0 Å². The van der Waals surface area contributed by atoms with Gasteiger partial charge in [-0.2, -0.15) is 0 Å². The highest BCUT2D eigenvalue weighted by molar-refractivity contribution is 5.96. The van der Waals surface area contributed by atoms with E-state index in [0.29, 0.717) is 44.6 Å². The summed E-state index contributed by atoms with van der Waals surface area (Å²) in [6.07, 6.45) is 1.14. The molecule has 1 amide bonds. The molecule has 1 heterocycles. The molecule has 2 rings (SSSR count). The zero-order chi connectivity index (χ0) is 16.2. The van der Waals surface area contributed by atoms with Crippen LogP contribution >= 0.6 is 0 Å². The van der Waals surface area contributed by atoms with Gasteiger partial charge in [0, 0.05) is 24.9 Å². The van der Waals surface area contributed by atoms with Crippen LogP contribution in [-0.2, 0) is 9.53 Å². The average Bonchev–Trinajstić information content (AvgIpc) is 2.47. The second-order valence-electron chi connectivity index (χ2n) is 6.19. The fourth-order valence-corrected chi connectivity index (χ4v) is 2.64. The maximum Gasteiger partial charge on any atom is 0.223 e. The number of rotatable bonds is 5. The quantitative estimate of drug-likeness (QED) is 0.786. The van der Waals surface area contributed by atoms with Crippen molar-refractivity contribution in [3.8, 4) is 0 Å². The van der Waals surface area contributed by atoms with E-state index in [2.05, 4.69) is 0 Å². The predicted octanol–water partition coefficient (Wildman–Crippen LogP) is 2.82. The largest absolute Gasteiger partial charge is 0.377 e. The molecule has 0 spiro atoms. The summed E-state index contributed by atoms with van der Waals surface area (Å²) < 4.78 is 18.2. The fraction of sp³-hybridized carbons (Fsp3) is 0.529. The third-order valence-corrected chi connectivity index (χ3v) is 3.91. The molecule has 22 heavy (non-hydrogen) atoms. The minimum absolute atomic E-state index is 0.0557. The lowest BCUT2D eigenvalue weighted by Gasteiger charge is -2.42. The molecule has 0 N–H and O–H groups in total. The summed E-state index contributed by atoms with van der Waals surface area (Å²) >= 11 is 0. The zero-order valence-corrected chi connectivity index (χ0v) is 13.1. The SMILES string of the molecule is CC1(C)COCCN1C(=O)CCCC(=O)c1ccc(F)cc1. The summed E-state index contributed by atoms with van der Waals surface area (Å²) in [5.41, 5.74) is 0.191. The van der Waals surface area contributed by atoms with Gasteiger partial charge in [0.2, 0.25) is 5.91 Å². The molecule has 4 nitrogen and oxygen atoms in total. The molecule has 0 aliphatic carbocycles. The van der Waals surface area contributed by atoms with Crippen LogP contribution in [0.25, 0.3) is 0 Å². The van der Waals surface area contributed by atoms with Crippen LogP contribution in [0.3, 0.4) is 0 Å². The molecular weight excluding hydrogens is 285 g/mol. The number of nitrogens with zero attached hydrogens (tertiary/aromatic N) is 1. The minimum atomic E-state index is -0.360. The van der Waals surface area contributed by atoms with Crippen molar-refractivity contribution in [1.29, 1.82) is 0 Å². The first-order valence-electron chi connectivity index (χ1n) is 7.57. The smallest absolute Gasteiger partial charge is 0.223 e. The Labute approximate surface area is 130 Å². The lowest BCUT2D eigenvalue weighted by molar-refractivity contribution is -0.146. The standard InChI is InChI=1S/C17H22FNO3/c1-17(2)12-22-11-10-19(17)16(21)5-3-4-15(20)13-6-8-14(18)9-7-13/h6-9H,3-5,10-12H2,1-2H3. The molecule has 0 radical (unpaired) electrons. The summed E-state index contributed by atoms with van der Waals surface area (Å²) in [7, 11) is 0. The van der Waals surface area contributed by atoms with E-state index in [1.54, 1.807) is 0 Å². The van der Waals surface area contributed by atoms with Crippen molar-refractivity contribution in [2.75, 3.05) is 19.8 Å².